The molecule has 2 N–H and O–H groups in total. The standard InChI is InChI=1S/C22H32N2O4.ClH/c1-26-15-22(9-11-23-12-10-22)20(25)24-14-21(7-3-2-4-8-21)17-5-6-18-19(13-17)28-16-27-18;/h5-6,13,23H,2-4,7-12,14-16H2,1H3,(H,24,25);1H. The van der Waals surface area contributed by atoms with Crippen LogP contribution in [0.3, 0.4) is 0 Å². The van der Waals surface area contributed by atoms with Gasteiger partial charge in [0.1, 0.15) is 0 Å². The fourth-order valence-electron chi connectivity index (χ4n) is 5.08. The third kappa shape index (κ3) is 4.49. The molecule has 1 amide bonds. The number of nitrogens with one attached hydrogen (secondary N) is 2. The van der Waals surface area contributed by atoms with Gasteiger partial charge in [0.05, 0.1) is 12.0 Å². The number of hydrogen-bond acceptors (Lipinski definition) is 5. The van der Waals surface area contributed by atoms with E-state index in [1.54, 1.807) is 7.11 Å². The number of rotatable bonds is 6. The lowest BCUT2D eigenvalue weighted by Crippen LogP contribution is -2.53. The minimum atomic E-state index is -0.412. The molecule has 1 aromatic carbocycles. The number of fused-ring (bicyclic) bond motifs is 1. The summed E-state index contributed by atoms with van der Waals surface area (Å²) in [7, 11) is 1.69. The SMILES string of the molecule is COCC1(C(=O)NCC2(c3ccc4c(c3)OCO4)CCCCC2)CCNCC1.Cl. The van der Waals surface area contributed by atoms with Crippen LogP contribution in [0.25, 0.3) is 0 Å². The Hall–Kier alpha value is -1.50. The predicted octanol–water partition coefficient (Wildman–Crippen LogP) is 3.17. The maximum absolute atomic E-state index is 13.2. The van der Waals surface area contributed by atoms with E-state index in [0.29, 0.717) is 13.2 Å². The number of hydrogen-bond donors (Lipinski definition) is 2. The van der Waals surface area contributed by atoms with E-state index < -0.39 is 5.41 Å². The Morgan fingerprint density at radius 2 is 1.83 bits per heavy atom. The molecule has 2 aliphatic heterocycles. The van der Waals surface area contributed by atoms with Crippen molar-refractivity contribution in [3.05, 3.63) is 23.8 Å². The molecule has 4 rings (SSSR count). The van der Waals surface area contributed by atoms with E-state index in [1.165, 1.54) is 24.8 Å². The summed E-state index contributed by atoms with van der Waals surface area (Å²) in [5.41, 5.74) is 0.809. The van der Waals surface area contributed by atoms with Crippen molar-refractivity contribution in [1.29, 1.82) is 0 Å². The molecule has 0 atom stereocenters. The molecule has 1 saturated carbocycles. The summed E-state index contributed by atoms with van der Waals surface area (Å²) in [5, 5.41) is 6.69. The highest BCUT2D eigenvalue weighted by molar-refractivity contribution is 5.85. The van der Waals surface area contributed by atoms with Crippen LogP contribution >= 0.6 is 12.4 Å². The molecule has 2 fully saturated rings. The largest absolute Gasteiger partial charge is 0.454 e. The van der Waals surface area contributed by atoms with Crippen molar-refractivity contribution >= 4 is 18.3 Å². The minimum absolute atomic E-state index is 0. The first-order chi connectivity index (χ1) is 13.7. The van der Waals surface area contributed by atoms with Crippen molar-refractivity contribution in [2.24, 2.45) is 5.41 Å². The van der Waals surface area contributed by atoms with Crippen molar-refractivity contribution in [2.75, 3.05) is 40.1 Å². The topological polar surface area (TPSA) is 68.8 Å². The summed E-state index contributed by atoms with van der Waals surface area (Å²) in [4.78, 5) is 13.2. The smallest absolute Gasteiger partial charge is 0.231 e. The second-order valence-electron chi connectivity index (χ2n) is 8.56. The van der Waals surface area contributed by atoms with Crippen LogP contribution in [-0.2, 0) is 14.9 Å². The van der Waals surface area contributed by atoms with Gasteiger partial charge in [0.25, 0.3) is 0 Å². The van der Waals surface area contributed by atoms with Crippen LogP contribution in [0.4, 0.5) is 0 Å². The fraction of sp³-hybridized carbons (Fsp3) is 0.682. The number of piperidine rings is 1. The van der Waals surface area contributed by atoms with E-state index in [2.05, 4.69) is 22.8 Å². The van der Waals surface area contributed by atoms with Crippen LogP contribution in [0.2, 0.25) is 0 Å². The number of carbonyl (C=O) groups excluding carboxylic acids is 1. The lowest BCUT2D eigenvalue weighted by Gasteiger charge is -2.40. The first kappa shape index (κ1) is 22.2. The van der Waals surface area contributed by atoms with Gasteiger partial charge in [-0.15, -0.1) is 12.4 Å². The van der Waals surface area contributed by atoms with Gasteiger partial charge in [0, 0.05) is 19.1 Å². The lowest BCUT2D eigenvalue weighted by molar-refractivity contribution is -0.136. The van der Waals surface area contributed by atoms with Crippen molar-refractivity contribution in [3.8, 4) is 11.5 Å². The Labute approximate surface area is 179 Å². The van der Waals surface area contributed by atoms with Crippen LogP contribution in [0, 0.1) is 5.41 Å². The number of ether oxygens (including phenoxy) is 3. The summed E-state index contributed by atoms with van der Waals surface area (Å²) < 4.78 is 16.5. The predicted molar refractivity (Wildman–Crippen MR) is 114 cm³/mol. The number of methoxy groups -OCH3 is 1. The zero-order valence-corrected chi connectivity index (χ0v) is 18.1. The number of benzene rings is 1. The van der Waals surface area contributed by atoms with Gasteiger partial charge in [-0.2, -0.15) is 0 Å². The molecule has 0 aromatic heterocycles. The van der Waals surface area contributed by atoms with Gasteiger partial charge < -0.3 is 24.8 Å². The summed E-state index contributed by atoms with van der Waals surface area (Å²) in [6.07, 6.45) is 7.47. The Morgan fingerprint density at radius 1 is 1.10 bits per heavy atom. The van der Waals surface area contributed by atoms with Gasteiger partial charge in [-0.05, 0) is 56.5 Å². The van der Waals surface area contributed by atoms with Gasteiger partial charge in [-0.3, -0.25) is 4.79 Å². The average molecular weight is 425 g/mol. The first-order valence-electron chi connectivity index (χ1n) is 10.6. The highest BCUT2D eigenvalue weighted by Crippen LogP contribution is 2.43. The highest BCUT2D eigenvalue weighted by atomic mass is 35.5. The normalized spacial score (nSPS) is 21.8. The van der Waals surface area contributed by atoms with Crippen LogP contribution in [0.5, 0.6) is 11.5 Å². The Bertz CT molecular complexity index is 695. The Morgan fingerprint density at radius 3 is 2.55 bits per heavy atom. The molecule has 162 valence electrons. The maximum atomic E-state index is 13.2. The molecule has 1 saturated heterocycles. The molecule has 1 aliphatic carbocycles. The Kier molecular flexibility index (Phi) is 7.30. The highest BCUT2D eigenvalue weighted by Gasteiger charge is 2.42. The van der Waals surface area contributed by atoms with E-state index in [4.69, 9.17) is 14.2 Å². The fourth-order valence-corrected chi connectivity index (χ4v) is 5.08. The number of halogens is 1. The molecule has 7 heteroatoms. The van der Waals surface area contributed by atoms with Crippen molar-refractivity contribution in [3.63, 3.8) is 0 Å². The van der Waals surface area contributed by atoms with Crippen LogP contribution in [0.1, 0.15) is 50.5 Å². The van der Waals surface area contributed by atoms with Crippen LogP contribution in [0.15, 0.2) is 18.2 Å². The molecule has 0 bridgehead atoms. The second kappa shape index (κ2) is 9.54. The van der Waals surface area contributed by atoms with E-state index in [9.17, 15) is 4.79 Å². The molecule has 0 radical (unpaired) electrons. The number of carbonyl (C=O) groups is 1. The van der Waals surface area contributed by atoms with E-state index in [0.717, 1.165) is 50.3 Å². The average Bonchev–Trinajstić information content (AvgIpc) is 3.21. The third-order valence-corrected chi connectivity index (χ3v) is 6.85. The molecule has 0 spiro atoms. The maximum Gasteiger partial charge on any atom is 0.231 e. The molecule has 0 unspecified atom stereocenters. The summed E-state index contributed by atoms with van der Waals surface area (Å²) in [5.74, 6) is 1.78. The summed E-state index contributed by atoms with van der Waals surface area (Å²) in [6, 6.07) is 6.28. The van der Waals surface area contributed by atoms with Crippen LogP contribution < -0.4 is 20.1 Å². The van der Waals surface area contributed by atoms with Gasteiger partial charge in [0.2, 0.25) is 12.7 Å². The van der Waals surface area contributed by atoms with Gasteiger partial charge in [0.15, 0.2) is 11.5 Å². The second-order valence-corrected chi connectivity index (χ2v) is 8.56. The van der Waals surface area contributed by atoms with Gasteiger partial charge in [-0.1, -0.05) is 25.3 Å². The number of amides is 1. The molecular formula is C22H33ClN2O4. The van der Waals surface area contributed by atoms with Crippen LogP contribution in [-0.4, -0.2) is 46.1 Å². The lowest BCUT2D eigenvalue weighted by atomic mass is 9.69. The van der Waals surface area contributed by atoms with E-state index >= 15 is 0 Å². The molecular weight excluding hydrogens is 392 g/mol. The zero-order valence-electron chi connectivity index (χ0n) is 17.3. The van der Waals surface area contributed by atoms with Gasteiger partial charge in [-0.25, -0.2) is 0 Å². The summed E-state index contributed by atoms with van der Waals surface area (Å²) in [6.45, 7) is 3.17. The Balaban J connectivity index is 0.00000240. The molecule has 1 aromatic rings. The van der Waals surface area contributed by atoms with Crippen molar-refractivity contribution < 1.29 is 19.0 Å². The molecule has 29 heavy (non-hydrogen) atoms. The minimum Gasteiger partial charge on any atom is -0.454 e. The third-order valence-electron chi connectivity index (χ3n) is 6.85. The zero-order chi connectivity index (χ0) is 19.5. The van der Waals surface area contributed by atoms with Crippen molar-refractivity contribution in [2.45, 2.75) is 50.4 Å². The summed E-state index contributed by atoms with van der Waals surface area (Å²) >= 11 is 0. The quantitative estimate of drug-likeness (QED) is 0.734. The molecule has 6 nitrogen and oxygen atoms in total. The van der Waals surface area contributed by atoms with Crippen molar-refractivity contribution in [1.82, 2.24) is 10.6 Å². The first-order valence-corrected chi connectivity index (χ1v) is 10.6. The van der Waals surface area contributed by atoms with E-state index in [1.807, 2.05) is 6.07 Å². The van der Waals surface area contributed by atoms with Gasteiger partial charge >= 0.3 is 0 Å². The molecule has 3 aliphatic rings. The molecule has 2 heterocycles. The monoisotopic (exact) mass is 424 g/mol. The van der Waals surface area contributed by atoms with E-state index in [-0.39, 0.29) is 30.5 Å².